The van der Waals surface area contributed by atoms with Crippen molar-refractivity contribution in [2.24, 2.45) is 0 Å². The first-order valence-corrected chi connectivity index (χ1v) is 7.79. The van der Waals surface area contributed by atoms with Crippen molar-refractivity contribution in [3.05, 3.63) is 28.2 Å². The molecule has 0 bridgehead atoms. The van der Waals surface area contributed by atoms with Gasteiger partial charge in [0, 0.05) is 43.6 Å². The summed E-state index contributed by atoms with van der Waals surface area (Å²) in [5, 5.41) is 3.25. The lowest BCUT2D eigenvalue weighted by Gasteiger charge is -2.36. The average molecular weight is 340 g/mol. The van der Waals surface area contributed by atoms with Crippen LogP contribution in [0, 0.1) is 0 Å². The smallest absolute Gasteiger partial charge is 0.219 e. The number of carbonyl (C=O) groups excluding carboxylic acids is 1. The molecule has 110 valence electrons. The number of carbonyl (C=O) groups is 1. The maximum Gasteiger partial charge on any atom is 0.219 e. The van der Waals surface area contributed by atoms with Gasteiger partial charge in [0.05, 0.1) is 5.69 Å². The van der Waals surface area contributed by atoms with Crippen molar-refractivity contribution in [2.45, 2.75) is 19.9 Å². The highest BCUT2D eigenvalue weighted by atomic mass is 79.9. The molecule has 1 fully saturated rings. The molecule has 1 atom stereocenters. The summed E-state index contributed by atoms with van der Waals surface area (Å²) in [7, 11) is 1.97. The molecule has 0 radical (unpaired) electrons. The van der Waals surface area contributed by atoms with Gasteiger partial charge in [0.15, 0.2) is 0 Å². The Hall–Kier alpha value is -1.07. The SMILES string of the molecule is CNC(C)c1ccc(N2CCN(C(C)=O)CC2)c(Br)c1. The van der Waals surface area contributed by atoms with Crippen LogP contribution in [-0.2, 0) is 4.79 Å². The zero-order valence-corrected chi connectivity index (χ0v) is 13.9. The molecule has 1 aromatic rings. The molecule has 1 aromatic carbocycles. The molecule has 20 heavy (non-hydrogen) atoms. The van der Waals surface area contributed by atoms with E-state index in [1.165, 1.54) is 11.3 Å². The second-order valence-electron chi connectivity index (χ2n) is 5.21. The molecule has 4 nitrogen and oxygen atoms in total. The molecule has 1 aliphatic rings. The summed E-state index contributed by atoms with van der Waals surface area (Å²) < 4.78 is 1.12. The van der Waals surface area contributed by atoms with Crippen LogP contribution in [0.1, 0.15) is 25.5 Å². The molecule has 1 N–H and O–H groups in total. The third-order valence-electron chi connectivity index (χ3n) is 3.97. The van der Waals surface area contributed by atoms with Gasteiger partial charge in [0.25, 0.3) is 0 Å². The van der Waals surface area contributed by atoms with E-state index in [2.05, 4.69) is 51.3 Å². The number of amides is 1. The number of halogens is 1. The molecule has 1 saturated heterocycles. The zero-order chi connectivity index (χ0) is 14.7. The Morgan fingerprint density at radius 2 is 1.95 bits per heavy atom. The first kappa shape index (κ1) is 15.3. The maximum atomic E-state index is 11.4. The number of nitrogens with zero attached hydrogens (tertiary/aromatic N) is 2. The lowest BCUT2D eigenvalue weighted by atomic mass is 10.1. The van der Waals surface area contributed by atoms with Crippen LogP contribution < -0.4 is 10.2 Å². The van der Waals surface area contributed by atoms with Gasteiger partial charge in [0.2, 0.25) is 5.91 Å². The molecule has 0 spiro atoms. The van der Waals surface area contributed by atoms with Crippen LogP contribution in [0.3, 0.4) is 0 Å². The molecular weight excluding hydrogens is 318 g/mol. The van der Waals surface area contributed by atoms with Crippen LogP contribution in [0.25, 0.3) is 0 Å². The van der Waals surface area contributed by atoms with E-state index in [0.717, 1.165) is 30.7 Å². The second kappa shape index (κ2) is 6.59. The van der Waals surface area contributed by atoms with Crippen LogP contribution in [0.4, 0.5) is 5.69 Å². The van der Waals surface area contributed by atoms with Gasteiger partial charge in [-0.1, -0.05) is 6.07 Å². The minimum atomic E-state index is 0.168. The minimum Gasteiger partial charge on any atom is -0.367 e. The second-order valence-corrected chi connectivity index (χ2v) is 6.07. The number of rotatable bonds is 3. The molecule has 1 amide bonds. The first-order valence-electron chi connectivity index (χ1n) is 7.00. The van der Waals surface area contributed by atoms with Gasteiger partial charge >= 0.3 is 0 Å². The lowest BCUT2D eigenvalue weighted by molar-refractivity contribution is -0.129. The highest BCUT2D eigenvalue weighted by Crippen LogP contribution is 2.30. The van der Waals surface area contributed by atoms with Crippen molar-refractivity contribution in [1.29, 1.82) is 0 Å². The highest BCUT2D eigenvalue weighted by molar-refractivity contribution is 9.10. The topological polar surface area (TPSA) is 35.6 Å². The number of piperazine rings is 1. The van der Waals surface area contributed by atoms with E-state index < -0.39 is 0 Å². The van der Waals surface area contributed by atoms with Crippen LogP contribution >= 0.6 is 15.9 Å². The Labute approximate surface area is 129 Å². The van der Waals surface area contributed by atoms with Crippen molar-refractivity contribution in [2.75, 3.05) is 38.1 Å². The summed E-state index contributed by atoms with van der Waals surface area (Å²) in [5.74, 6) is 0.168. The largest absolute Gasteiger partial charge is 0.367 e. The van der Waals surface area contributed by atoms with Gasteiger partial charge in [-0.05, 0) is 47.6 Å². The predicted octanol–water partition coefficient (Wildman–Crippen LogP) is 2.40. The van der Waals surface area contributed by atoms with E-state index in [9.17, 15) is 4.79 Å². The molecule has 0 aliphatic carbocycles. The Kier molecular flexibility index (Phi) is 5.05. The normalized spacial score (nSPS) is 17.2. The summed E-state index contributed by atoms with van der Waals surface area (Å²) in [4.78, 5) is 15.6. The van der Waals surface area contributed by atoms with Crippen LogP contribution in [0.2, 0.25) is 0 Å². The maximum absolute atomic E-state index is 11.4. The summed E-state index contributed by atoms with van der Waals surface area (Å²) in [5.41, 5.74) is 2.48. The van der Waals surface area contributed by atoms with E-state index in [0.29, 0.717) is 6.04 Å². The van der Waals surface area contributed by atoms with E-state index >= 15 is 0 Å². The van der Waals surface area contributed by atoms with Gasteiger partial charge in [-0.15, -0.1) is 0 Å². The third kappa shape index (κ3) is 3.33. The third-order valence-corrected chi connectivity index (χ3v) is 4.61. The fraction of sp³-hybridized carbons (Fsp3) is 0.533. The molecular formula is C15H22BrN3O. The van der Waals surface area contributed by atoms with Crippen LogP contribution in [-0.4, -0.2) is 44.0 Å². The summed E-state index contributed by atoms with van der Waals surface area (Å²) in [6, 6.07) is 6.85. The Morgan fingerprint density at radius 3 is 2.45 bits per heavy atom. The lowest BCUT2D eigenvalue weighted by Crippen LogP contribution is -2.48. The van der Waals surface area contributed by atoms with E-state index in [1.807, 2.05) is 11.9 Å². The number of nitrogens with one attached hydrogen (secondary N) is 1. The zero-order valence-electron chi connectivity index (χ0n) is 12.3. The molecule has 2 rings (SSSR count). The van der Waals surface area contributed by atoms with Crippen molar-refractivity contribution in [3.63, 3.8) is 0 Å². The number of benzene rings is 1. The highest BCUT2D eigenvalue weighted by Gasteiger charge is 2.20. The number of anilines is 1. The molecule has 0 saturated carbocycles. The first-order chi connectivity index (χ1) is 9.52. The quantitative estimate of drug-likeness (QED) is 0.918. The Balaban J connectivity index is 2.09. The van der Waals surface area contributed by atoms with Gasteiger partial charge < -0.3 is 15.1 Å². The van der Waals surface area contributed by atoms with Crippen molar-refractivity contribution < 1.29 is 4.79 Å². The van der Waals surface area contributed by atoms with Crippen LogP contribution in [0.5, 0.6) is 0 Å². The molecule has 0 aromatic heterocycles. The van der Waals surface area contributed by atoms with Crippen molar-refractivity contribution >= 4 is 27.5 Å². The molecule has 5 heteroatoms. The minimum absolute atomic E-state index is 0.168. The van der Waals surface area contributed by atoms with Crippen molar-refractivity contribution in [3.8, 4) is 0 Å². The standard InChI is InChI=1S/C15H22BrN3O/c1-11(17-3)13-4-5-15(14(16)10-13)19-8-6-18(7-9-19)12(2)20/h4-5,10-11,17H,6-9H2,1-3H3. The van der Waals surface area contributed by atoms with Gasteiger partial charge in [-0.25, -0.2) is 0 Å². The fourth-order valence-corrected chi connectivity index (χ4v) is 3.13. The monoisotopic (exact) mass is 339 g/mol. The number of hydrogen-bond donors (Lipinski definition) is 1. The molecule has 1 heterocycles. The van der Waals surface area contributed by atoms with Gasteiger partial charge in [-0.2, -0.15) is 0 Å². The average Bonchev–Trinajstić information content (AvgIpc) is 2.46. The molecule has 1 aliphatic heterocycles. The fourth-order valence-electron chi connectivity index (χ4n) is 2.48. The van der Waals surface area contributed by atoms with Crippen molar-refractivity contribution in [1.82, 2.24) is 10.2 Å². The van der Waals surface area contributed by atoms with Gasteiger partial charge in [-0.3, -0.25) is 4.79 Å². The Bertz CT molecular complexity index is 484. The van der Waals surface area contributed by atoms with Crippen LogP contribution in [0.15, 0.2) is 22.7 Å². The van der Waals surface area contributed by atoms with Gasteiger partial charge in [0.1, 0.15) is 0 Å². The Morgan fingerprint density at radius 1 is 1.30 bits per heavy atom. The van der Waals surface area contributed by atoms with E-state index in [4.69, 9.17) is 0 Å². The predicted molar refractivity (Wildman–Crippen MR) is 86.1 cm³/mol. The summed E-state index contributed by atoms with van der Waals surface area (Å²) in [6.45, 7) is 7.16. The van der Waals surface area contributed by atoms with E-state index in [1.54, 1.807) is 6.92 Å². The summed E-state index contributed by atoms with van der Waals surface area (Å²) >= 11 is 3.67. The number of hydrogen-bond acceptors (Lipinski definition) is 3. The summed E-state index contributed by atoms with van der Waals surface area (Å²) in [6.07, 6.45) is 0. The molecule has 1 unspecified atom stereocenters. The van der Waals surface area contributed by atoms with E-state index in [-0.39, 0.29) is 5.91 Å².